The van der Waals surface area contributed by atoms with Crippen molar-refractivity contribution in [3.8, 4) is 23.0 Å². The molecule has 5 heteroatoms. The summed E-state index contributed by atoms with van der Waals surface area (Å²) in [6.45, 7) is 25.8. The van der Waals surface area contributed by atoms with E-state index >= 15 is 0 Å². The Labute approximate surface area is 200 Å². The molecule has 0 aromatic heterocycles. The Kier molecular flexibility index (Phi) is 6.05. The van der Waals surface area contributed by atoms with Crippen molar-refractivity contribution in [1.82, 2.24) is 0 Å². The van der Waals surface area contributed by atoms with Gasteiger partial charge >= 0.3 is 7.32 Å². The molecule has 1 aliphatic heterocycles. The summed E-state index contributed by atoms with van der Waals surface area (Å²) < 4.78 is 18.5. The van der Waals surface area contributed by atoms with E-state index in [0.717, 1.165) is 16.7 Å². The predicted molar refractivity (Wildman–Crippen MR) is 137 cm³/mol. The van der Waals surface area contributed by atoms with Crippen LogP contribution in [0.4, 0.5) is 0 Å². The van der Waals surface area contributed by atoms with Crippen LogP contribution in [-0.2, 0) is 21.7 Å². The van der Waals surface area contributed by atoms with Crippen molar-refractivity contribution in [2.45, 2.75) is 105 Å². The molecule has 0 fully saturated rings. The molecule has 0 spiro atoms. The molecule has 0 bridgehead atoms. The van der Waals surface area contributed by atoms with Crippen LogP contribution in [0.25, 0.3) is 0 Å². The molecule has 0 unspecified atom stereocenters. The van der Waals surface area contributed by atoms with Crippen molar-refractivity contribution in [1.29, 1.82) is 0 Å². The van der Waals surface area contributed by atoms with Crippen LogP contribution >= 0.6 is 0 Å². The topological polar surface area (TPSA) is 47.9 Å². The Balaban J connectivity index is 2.03. The van der Waals surface area contributed by atoms with E-state index in [1.165, 1.54) is 5.56 Å². The van der Waals surface area contributed by atoms with Gasteiger partial charge in [0.1, 0.15) is 17.2 Å². The number of phenolic OH excluding ortho intramolecular Hbond substituents is 1. The zero-order valence-electron chi connectivity index (χ0n) is 22.6. The van der Waals surface area contributed by atoms with Gasteiger partial charge in [0.05, 0.1) is 0 Å². The van der Waals surface area contributed by atoms with Crippen molar-refractivity contribution >= 4 is 7.32 Å². The summed E-state index contributed by atoms with van der Waals surface area (Å²) in [6.07, 6.45) is 0. The Hall–Kier alpha value is -2.30. The summed E-state index contributed by atoms with van der Waals surface area (Å²) in [5.41, 5.74) is 3.68. The monoisotopic (exact) mass is 452 g/mol. The highest BCUT2D eigenvalue weighted by Crippen LogP contribution is 2.47. The third kappa shape index (κ3) is 5.28. The molecular formula is C28H41BO4. The lowest BCUT2D eigenvalue weighted by Gasteiger charge is -2.27. The number of hydrogen-bond donors (Lipinski definition) is 1. The van der Waals surface area contributed by atoms with E-state index in [4.69, 9.17) is 14.0 Å². The fourth-order valence-corrected chi connectivity index (χ4v) is 3.88. The predicted octanol–water partition coefficient (Wildman–Crippen LogP) is 7.42. The van der Waals surface area contributed by atoms with Crippen molar-refractivity contribution in [3.05, 3.63) is 46.5 Å². The van der Waals surface area contributed by atoms with Crippen molar-refractivity contribution in [2.24, 2.45) is 0 Å². The van der Waals surface area contributed by atoms with E-state index in [1.807, 2.05) is 12.1 Å². The van der Waals surface area contributed by atoms with E-state index in [0.29, 0.717) is 17.2 Å². The summed E-state index contributed by atoms with van der Waals surface area (Å²) in [6, 6.07) is 8.21. The summed E-state index contributed by atoms with van der Waals surface area (Å²) >= 11 is 0. The average Bonchev–Trinajstić information content (AvgIpc) is 3.01. The van der Waals surface area contributed by atoms with Crippen LogP contribution in [0.5, 0.6) is 23.0 Å². The van der Waals surface area contributed by atoms with Gasteiger partial charge < -0.3 is 19.1 Å². The molecule has 33 heavy (non-hydrogen) atoms. The van der Waals surface area contributed by atoms with E-state index in [1.54, 1.807) is 0 Å². The minimum absolute atomic E-state index is 0.0295. The number of hydrogen-bond acceptors (Lipinski definition) is 4. The molecule has 4 nitrogen and oxygen atoms in total. The van der Waals surface area contributed by atoms with Crippen LogP contribution in [0.1, 0.15) is 105 Å². The van der Waals surface area contributed by atoms with Gasteiger partial charge in [-0.05, 0) is 44.9 Å². The van der Waals surface area contributed by atoms with Crippen LogP contribution in [0, 0.1) is 0 Å². The van der Waals surface area contributed by atoms with Gasteiger partial charge in [0.2, 0.25) is 0 Å². The Bertz CT molecular complexity index is 1040. The molecule has 2 aromatic carbocycles. The summed E-state index contributed by atoms with van der Waals surface area (Å²) in [5.74, 6) is 1.89. The fourth-order valence-electron chi connectivity index (χ4n) is 3.88. The van der Waals surface area contributed by atoms with Gasteiger partial charge in [-0.15, -0.1) is 0 Å². The molecule has 180 valence electrons. The second-order valence-corrected chi connectivity index (χ2v) is 13.4. The largest absolute Gasteiger partial charge is 0.864 e. The van der Waals surface area contributed by atoms with Crippen LogP contribution < -0.4 is 14.0 Å². The highest BCUT2D eigenvalue weighted by atomic mass is 16.8. The lowest BCUT2D eigenvalue weighted by atomic mass is 9.80. The molecular weight excluding hydrogens is 411 g/mol. The fraction of sp³-hybridized carbons (Fsp3) is 0.571. The standard InChI is InChI=1S/C28H41BO4/c1-25(2,3)17-13-19(27(7,8)9)23(30)21(15-17)31-29-32-22-16-18(26(4,5)6)14-20(24(22)33-29)28(10,11)12/h13-16,30H,1-12H3. The lowest BCUT2D eigenvalue weighted by Crippen LogP contribution is -2.33. The van der Waals surface area contributed by atoms with E-state index in [9.17, 15) is 5.11 Å². The maximum Gasteiger partial charge on any atom is 0.864 e. The second-order valence-electron chi connectivity index (χ2n) is 13.4. The van der Waals surface area contributed by atoms with Gasteiger partial charge in [-0.2, -0.15) is 0 Å². The van der Waals surface area contributed by atoms with Crippen molar-refractivity contribution in [2.75, 3.05) is 0 Å². The van der Waals surface area contributed by atoms with E-state index in [-0.39, 0.29) is 27.4 Å². The Morgan fingerprint density at radius 3 is 1.61 bits per heavy atom. The molecule has 1 aliphatic rings. The van der Waals surface area contributed by atoms with Crippen LogP contribution in [-0.4, -0.2) is 12.4 Å². The van der Waals surface area contributed by atoms with E-state index in [2.05, 4.69) is 95.2 Å². The molecule has 3 rings (SSSR count). The Morgan fingerprint density at radius 1 is 0.636 bits per heavy atom. The Morgan fingerprint density at radius 2 is 1.12 bits per heavy atom. The van der Waals surface area contributed by atoms with Gasteiger partial charge in [-0.1, -0.05) is 95.2 Å². The van der Waals surface area contributed by atoms with Crippen molar-refractivity contribution in [3.63, 3.8) is 0 Å². The molecule has 0 saturated heterocycles. The van der Waals surface area contributed by atoms with Crippen LogP contribution in [0.3, 0.4) is 0 Å². The summed E-state index contributed by atoms with van der Waals surface area (Å²) in [4.78, 5) is 0. The molecule has 0 radical (unpaired) electrons. The molecule has 0 aliphatic carbocycles. The summed E-state index contributed by atoms with van der Waals surface area (Å²) in [7, 11) is -0.967. The zero-order chi connectivity index (χ0) is 25.1. The number of benzene rings is 2. The normalized spacial score (nSPS) is 14.6. The number of aromatic hydroxyl groups is 1. The molecule has 0 atom stereocenters. The maximum absolute atomic E-state index is 11.1. The first-order valence-corrected chi connectivity index (χ1v) is 11.9. The smallest absolute Gasteiger partial charge is 0.504 e. The van der Waals surface area contributed by atoms with Gasteiger partial charge in [0, 0.05) is 11.1 Å². The number of phenols is 1. The maximum atomic E-state index is 11.1. The van der Waals surface area contributed by atoms with Gasteiger partial charge in [0.15, 0.2) is 5.75 Å². The molecule has 0 saturated carbocycles. The van der Waals surface area contributed by atoms with Crippen LogP contribution in [0.2, 0.25) is 0 Å². The first-order chi connectivity index (χ1) is 14.8. The van der Waals surface area contributed by atoms with Gasteiger partial charge in [0.25, 0.3) is 0 Å². The van der Waals surface area contributed by atoms with Gasteiger partial charge in [-0.3, -0.25) is 0 Å². The molecule has 0 amide bonds. The highest BCUT2D eigenvalue weighted by Gasteiger charge is 2.43. The average molecular weight is 452 g/mol. The minimum Gasteiger partial charge on any atom is -0.504 e. The van der Waals surface area contributed by atoms with Crippen LogP contribution in [0.15, 0.2) is 24.3 Å². The SMILES string of the molecule is CC(C)(C)c1cc(OB2Oc3cc(C(C)(C)C)cc(C(C)(C)C)c3O2)c(O)c(C(C)(C)C)c1. The number of fused-ring (bicyclic) bond motifs is 1. The quantitative estimate of drug-likeness (QED) is 0.482. The molecule has 2 aromatic rings. The first-order valence-electron chi connectivity index (χ1n) is 11.9. The van der Waals surface area contributed by atoms with E-state index < -0.39 is 7.32 Å². The molecule has 1 N–H and O–H groups in total. The second kappa shape index (κ2) is 7.89. The third-order valence-corrected chi connectivity index (χ3v) is 6.14. The zero-order valence-corrected chi connectivity index (χ0v) is 22.6. The van der Waals surface area contributed by atoms with Crippen molar-refractivity contribution < 1.29 is 19.1 Å². The minimum atomic E-state index is -0.967. The van der Waals surface area contributed by atoms with Gasteiger partial charge in [-0.25, -0.2) is 0 Å². The highest BCUT2D eigenvalue weighted by molar-refractivity contribution is 6.41. The summed E-state index contributed by atoms with van der Waals surface area (Å²) in [5, 5.41) is 11.1. The molecule has 1 heterocycles. The lowest BCUT2D eigenvalue weighted by molar-refractivity contribution is 0.332. The number of rotatable bonds is 2. The first kappa shape index (κ1) is 25.3. The third-order valence-electron chi connectivity index (χ3n) is 6.14.